The Balaban J connectivity index is 1.37. The summed E-state index contributed by atoms with van der Waals surface area (Å²) in [4.78, 5) is 13.9. The van der Waals surface area contributed by atoms with E-state index in [-0.39, 0.29) is 6.10 Å². The van der Waals surface area contributed by atoms with Crippen molar-refractivity contribution in [2.24, 2.45) is 0 Å². The Kier molecular flexibility index (Phi) is 4.70. The van der Waals surface area contributed by atoms with Gasteiger partial charge in [-0.3, -0.25) is 4.90 Å². The molecule has 1 aliphatic heterocycles. The molecular formula is C21H26N6O. The first-order valence-electron chi connectivity index (χ1n) is 10.2. The van der Waals surface area contributed by atoms with E-state index in [4.69, 9.17) is 0 Å². The zero-order valence-corrected chi connectivity index (χ0v) is 16.0. The van der Waals surface area contributed by atoms with Crippen LogP contribution < -0.4 is 4.90 Å². The van der Waals surface area contributed by atoms with Crippen molar-refractivity contribution in [1.82, 2.24) is 24.6 Å². The molecule has 2 atom stereocenters. The number of hydrogen-bond acceptors (Lipinski definition) is 6. The van der Waals surface area contributed by atoms with Crippen LogP contribution in [0.3, 0.4) is 0 Å². The summed E-state index contributed by atoms with van der Waals surface area (Å²) in [6, 6.07) is 10.4. The van der Waals surface area contributed by atoms with Crippen molar-refractivity contribution in [2.45, 2.75) is 37.8 Å². The zero-order valence-electron chi connectivity index (χ0n) is 16.0. The quantitative estimate of drug-likeness (QED) is 0.754. The van der Waals surface area contributed by atoms with Gasteiger partial charge in [0.05, 0.1) is 23.4 Å². The molecule has 28 heavy (non-hydrogen) atoms. The highest BCUT2D eigenvalue weighted by Gasteiger charge is 2.31. The zero-order chi connectivity index (χ0) is 18.9. The average molecular weight is 378 g/mol. The third kappa shape index (κ3) is 3.14. The number of piperazine rings is 1. The standard InChI is InChI=1S/C21H26N6O/c28-19-9-5-4-8-18(19)25-10-12-26(13-11-25)20-17-14-24-27(21(17)23-15-22-20)16-6-2-1-3-7-16/h1-3,6-7,14-15,18-19,28H,4-5,8-13H2. The van der Waals surface area contributed by atoms with Gasteiger partial charge >= 0.3 is 0 Å². The van der Waals surface area contributed by atoms with Crippen LogP contribution in [0.25, 0.3) is 16.7 Å². The molecule has 1 saturated carbocycles. The second kappa shape index (κ2) is 7.48. The van der Waals surface area contributed by atoms with Crippen molar-refractivity contribution in [1.29, 1.82) is 0 Å². The maximum absolute atomic E-state index is 10.4. The monoisotopic (exact) mass is 378 g/mol. The van der Waals surface area contributed by atoms with Gasteiger partial charge in [0.2, 0.25) is 0 Å². The van der Waals surface area contributed by atoms with Crippen molar-refractivity contribution in [3.8, 4) is 5.69 Å². The molecule has 2 aliphatic rings. The van der Waals surface area contributed by atoms with Crippen LogP contribution >= 0.6 is 0 Å². The van der Waals surface area contributed by atoms with Crippen LogP contribution in [-0.4, -0.2) is 68.1 Å². The predicted octanol–water partition coefficient (Wildman–Crippen LogP) is 2.24. The number of aromatic nitrogens is 4. The number of aliphatic hydroxyl groups excluding tert-OH is 1. The van der Waals surface area contributed by atoms with E-state index in [2.05, 4.69) is 24.9 Å². The van der Waals surface area contributed by atoms with Gasteiger partial charge in [0, 0.05) is 32.2 Å². The van der Waals surface area contributed by atoms with E-state index < -0.39 is 0 Å². The molecule has 0 bridgehead atoms. The molecule has 2 unspecified atom stereocenters. The van der Waals surface area contributed by atoms with Crippen LogP contribution in [0.4, 0.5) is 5.82 Å². The number of fused-ring (bicyclic) bond motifs is 1. The van der Waals surface area contributed by atoms with Gasteiger partial charge in [-0.25, -0.2) is 14.6 Å². The highest BCUT2D eigenvalue weighted by atomic mass is 16.3. The SMILES string of the molecule is OC1CCCCC1N1CCN(c2ncnc3c2cnn3-c2ccccc2)CC1. The van der Waals surface area contributed by atoms with E-state index in [1.807, 2.05) is 41.2 Å². The Morgan fingerprint density at radius 2 is 1.71 bits per heavy atom. The Morgan fingerprint density at radius 3 is 2.50 bits per heavy atom. The van der Waals surface area contributed by atoms with Crippen LogP contribution in [0.15, 0.2) is 42.9 Å². The minimum atomic E-state index is -0.171. The molecule has 1 saturated heterocycles. The van der Waals surface area contributed by atoms with Gasteiger partial charge in [0.15, 0.2) is 5.65 Å². The van der Waals surface area contributed by atoms with Gasteiger partial charge < -0.3 is 10.0 Å². The topological polar surface area (TPSA) is 70.3 Å². The second-order valence-electron chi connectivity index (χ2n) is 7.77. The summed E-state index contributed by atoms with van der Waals surface area (Å²) in [5.74, 6) is 0.955. The molecule has 146 valence electrons. The number of nitrogens with zero attached hydrogens (tertiary/aromatic N) is 6. The summed E-state index contributed by atoms with van der Waals surface area (Å²) < 4.78 is 1.87. The number of hydrogen-bond donors (Lipinski definition) is 1. The van der Waals surface area contributed by atoms with E-state index in [0.29, 0.717) is 6.04 Å². The molecule has 0 amide bonds. The van der Waals surface area contributed by atoms with Crippen LogP contribution in [0.1, 0.15) is 25.7 Å². The first kappa shape index (κ1) is 17.6. The molecule has 0 radical (unpaired) electrons. The van der Waals surface area contributed by atoms with Gasteiger partial charge in [-0.2, -0.15) is 5.10 Å². The first-order chi connectivity index (χ1) is 13.8. The lowest BCUT2D eigenvalue weighted by molar-refractivity contribution is 0.0173. The van der Waals surface area contributed by atoms with E-state index in [1.54, 1.807) is 6.33 Å². The van der Waals surface area contributed by atoms with Gasteiger partial charge in [-0.15, -0.1) is 0 Å². The molecular weight excluding hydrogens is 352 g/mol. The van der Waals surface area contributed by atoms with Crippen LogP contribution in [0.5, 0.6) is 0 Å². The number of benzene rings is 1. The molecule has 7 heteroatoms. The van der Waals surface area contributed by atoms with E-state index in [0.717, 1.165) is 68.0 Å². The summed E-state index contributed by atoms with van der Waals surface area (Å²) in [6.45, 7) is 3.73. The van der Waals surface area contributed by atoms with Gasteiger partial charge in [-0.1, -0.05) is 31.0 Å². The lowest BCUT2D eigenvalue weighted by Crippen LogP contribution is -2.54. The fourth-order valence-electron chi connectivity index (χ4n) is 4.62. The summed E-state index contributed by atoms with van der Waals surface area (Å²) in [5, 5.41) is 15.9. The Labute approximate surface area is 164 Å². The lowest BCUT2D eigenvalue weighted by Gasteiger charge is -2.43. The largest absolute Gasteiger partial charge is 0.391 e. The van der Waals surface area contributed by atoms with Crippen molar-refractivity contribution >= 4 is 16.9 Å². The van der Waals surface area contributed by atoms with Crippen molar-refractivity contribution < 1.29 is 5.11 Å². The average Bonchev–Trinajstić information content (AvgIpc) is 3.19. The molecule has 7 nitrogen and oxygen atoms in total. The fourth-order valence-corrected chi connectivity index (χ4v) is 4.62. The van der Waals surface area contributed by atoms with E-state index in [1.165, 1.54) is 6.42 Å². The summed E-state index contributed by atoms with van der Waals surface area (Å²) in [7, 11) is 0. The van der Waals surface area contributed by atoms with Crippen molar-refractivity contribution in [3.63, 3.8) is 0 Å². The van der Waals surface area contributed by atoms with Gasteiger partial charge in [0.1, 0.15) is 12.1 Å². The molecule has 1 aromatic carbocycles. The third-order valence-electron chi connectivity index (χ3n) is 6.12. The Morgan fingerprint density at radius 1 is 0.929 bits per heavy atom. The molecule has 2 fully saturated rings. The maximum atomic E-state index is 10.4. The van der Waals surface area contributed by atoms with E-state index in [9.17, 15) is 5.11 Å². The Bertz CT molecular complexity index is 934. The summed E-state index contributed by atoms with van der Waals surface area (Å²) in [5.41, 5.74) is 1.83. The predicted molar refractivity (Wildman–Crippen MR) is 109 cm³/mol. The van der Waals surface area contributed by atoms with Crippen molar-refractivity contribution in [2.75, 3.05) is 31.1 Å². The highest BCUT2D eigenvalue weighted by Crippen LogP contribution is 2.28. The summed E-state index contributed by atoms with van der Waals surface area (Å²) in [6.07, 6.45) is 7.77. The summed E-state index contributed by atoms with van der Waals surface area (Å²) >= 11 is 0. The number of anilines is 1. The van der Waals surface area contributed by atoms with Crippen LogP contribution in [0, 0.1) is 0 Å². The van der Waals surface area contributed by atoms with E-state index >= 15 is 0 Å². The molecule has 2 aromatic heterocycles. The van der Waals surface area contributed by atoms with Crippen LogP contribution in [0.2, 0.25) is 0 Å². The molecule has 3 aromatic rings. The second-order valence-corrected chi connectivity index (χ2v) is 7.77. The number of rotatable bonds is 3. The molecule has 1 aliphatic carbocycles. The van der Waals surface area contributed by atoms with Crippen LogP contribution in [-0.2, 0) is 0 Å². The van der Waals surface area contributed by atoms with Gasteiger partial charge in [0.25, 0.3) is 0 Å². The minimum Gasteiger partial charge on any atom is -0.391 e. The number of aliphatic hydroxyl groups is 1. The third-order valence-corrected chi connectivity index (χ3v) is 6.12. The minimum absolute atomic E-state index is 0.171. The number of para-hydroxylation sites is 1. The smallest absolute Gasteiger partial charge is 0.168 e. The maximum Gasteiger partial charge on any atom is 0.168 e. The van der Waals surface area contributed by atoms with Crippen molar-refractivity contribution in [3.05, 3.63) is 42.9 Å². The highest BCUT2D eigenvalue weighted by molar-refractivity contribution is 5.87. The first-order valence-corrected chi connectivity index (χ1v) is 10.2. The molecule has 1 N–H and O–H groups in total. The Hall–Kier alpha value is -2.51. The fraction of sp³-hybridized carbons (Fsp3) is 0.476. The van der Waals surface area contributed by atoms with Gasteiger partial charge in [-0.05, 0) is 25.0 Å². The molecule has 3 heterocycles. The normalized spacial score (nSPS) is 24.0. The molecule has 5 rings (SSSR count). The molecule has 0 spiro atoms. The lowest BCUT2D eigenvalue weighted by atomic mass is 9.91.